The second kappa shape index (κ2) is 7.72. The van der Waals surface area contributed by atoms with E-state index in [-0.39, 0.29) is 0 Å². The Morgan fingerprint density at radius 3 is 2.65 bits per heavy atom. The fourth-order valence-corrected chi connectivity index (χ4v) is 3.19. The molecule has 2 aromatic rings. The van der Waals surface area contributed by atoms with E-state index < -0.39 is 0 Å². The average molecular weight is 306 g/mol. The summed E-state index contributed by atoms with van der Waals surface area (Å²) in [5.74, 6) is 0. The normalized spacial score (nSPS) is 10.8. The van der Waals surface area contributed by atoms with E-state index in [9.17, 15) is 0 Å². The van der Waals surface area contributed by atoms with Crippen LogP contribution in [0, 0.1) is 6.92 Å². The van der Waals surface area contributed by atoms with E-state index in [1.54, 1.807) is 11.8 Å². The van der Waals surface area contributed by atoms with E-state index in [1.807, 2.05) is 0 Å². The Labute approximate surface area is 130 Å². The quantitative estimate of drug-likeness (QED) is 0.727. The lowest BCUT2D eigenvalue weighted by molar-refractivity contribution is 0.675. The van der Waals surface area contributed by atoms with Gasteiger partial charge in [-0.2, -0.15) is 0 Å². The van der Waals surface area contributed by atoms with E-state index in [1.165, 1.54) is 15.4 Å². The number of rotatable bonds is 6. The molecular weight excluding hydrogens is 286 g/mol. The van der Waals surface area contributed by atoms with Crippen LogP contribution in [0.5, 0.6) is 0 Å². The lowest BCUT2D eigenvalue weighted by atomic mass is 10.2. The summed E-state index contributed by atoms with van der Waals surface area (Å²) in [6.07, 6.45) is 1.14. The fraction of sp³-hybridized carbons (Fsp3) is 0.294. The highest BCUT2D eigenvalue weighted by atomic mass is 35.5. The van der Waals surface area contributed by atoms with Gasteiger partial charge in [0.25, 0.3) is 0 Å². The minimum absolute atomic E-state index is 0.835. The summed E-state index contributed by atoms with van der Waals surface area (Å²) in [5, 5.41) is 4.22. The highest BCUT2D eigenvalue weighted by molar-refractivity contribution is 7.99. The van der Waals surface area contributed by atoms with Crippen LogP contribution in [-0.2, 0) is 6.54 Å². The van der Waals surface area contributed by atoms with Gasteiger partial charge in [0, 0.05) is 21.4 Å². The first-order valence-electron chi connectivity index (χ1n) is 6.93. The van der Waals surface area contributed by atoms with Crippen molar-refractivity contribution in [2.45, 2.75) is 36.6 Å². The maximum atomic E-state index is 6.36. The molecule has 0 aliphatic heterocycles. The van der Waals surface area contributed by atoms with Gasteiger partial charge in [0.1, 0.15) is 0 Å². The second-order valence-corrected chi connectivity index (χ2v) is 6.32. The molecule has 1 N–H and O–H groups in total. The predicted octanol–water partition coefficient (Wildman–Crippen LogP) is 5.30. The van der Waals surface area contributed by atoms with Crippen LogP contribution in [0.2, 0.25) is 5.02 Å². The van der Waals surface area contributed by atoms with Gasteiger partial charge in [-0.05, 0) is 49.2 Å². The number of nitrogens with one attached hydrogen (secondary N) is 1. The van der Waals surface area contributed by atoms with Crippen molar-refractivity contribution in [3.05, 3.63) is 58.6 Å². The number of aryl methyl sites for hydroxylation is 1. The molecule has 0 aliphatic carbocycles. The summed E-state index contributed by atoms with van der Waals surface area (Å²) in [6, 6.07) is 14.7. The number of hydrogen-bond donors (Lipinski definition) is 1. The highest BCUT2D eigenvalue weighted by Gasteiger charge is 2.04. The van der Waals surface area contributed by atoms with Gasteiger partial charge in [0.15, 0.2) is 0 Å². The predicted molar refractivity (Wildman–Crippen MR) is 88.8 cm³/mol. The van der Waals surface area contributed by atoms with Gasteiger partial charge in [-0.25, -0.2) is 0 Å². The van der Waals surface area contributed by atoms with Gasteiger partial charge in [-0.1, -0.05) is 54.6 Å². The first-order valence-corrected chi connectivity index (χ1v) is 8.12. The molecule has 2 aromatic carbocycles. The Kier molecular flexibility index (Phi) is 5.96. The van der Waals surface area contributed by atoms with Crippen molar-refractivity contribution < 1.29 is 0 Å². The van der Waals surface area contributed by atoms with Crippen LogP contribution >= 0.6 is 23.4 Å². The van der Waals surface area contributed by atoms with Gasteiger partial charge < -0.3 is 5.32 Å². The topological polar surface area (TPSA) is 12.0 Å². The molecule has 2 rings (SSSR count). The van der Waals surface area contributed by atoms with E-state index in [0.29, 0.717) is 0 Å². The van der Waals surface area contributed by atoms with E-state index >= 15 is 0 Å². The molecule has 0 bridgehead atoms. The van der Waals surface area contributed by atoms with E-state index in [4.69, 9.17) is 11.6 Å². The zero-order valence-corrected chi connectivity index (χ0v) is 13.5. The van der Waals surface area contributed by atoms with Gasteiger partial charge in [-0.15, -0.1) is 0 Å². The number of halogens is 1. The van der Waals surface area contributed by atoms with Crippen LogP contribution in [0.4, 0.5) is 0 Å². The molecule has 106 valence electrons. The molecule has 0 radical (unpaired) electrons. The van der Waals surface area contributed by atoms with E-state index in [2.05, 4.69) is 61.6 Å². The first-order chi connectivity index (χ1) is 9.70. The largest absolute Gasteiger partial charge is 0.313 e. The Bertz CT molecular complexity index is 569. The van der Waals surface area contributed by atoms with Crippen LogP contribution in [-0.4, -0.2) is 6.54 Å². The number of hydrogen-bond acceptors (Lipinski definition) is 2. The minimum Gasteiger partial charge on any atom is -0.313 e. The van der Waals surface area contributed by atoms with Gasteiger partial charge in [0.05, 0.1) is 0 Å². The van der Waals surface area contributed by atoms with E-state index in [0.717, 1.165) is 30.1 Å². The molecule has 3 heteroatoms. The third-order valence-electron chi connectivity index (χ3n) is 3.09. The van der Waals surface area contributed by atoms with Crippen LogP contribution in [0.3, 0.4) is 0 Å². The third kappa shape index (κ3) is 4.27. The molecule has 20 heavy (non-hydrogen) atoms. The molecule has 0 saturated heterocycles. The maximum Gasteiger partial charge on any atom is 0.0462 e. The van der Waals surface area contributed by atoms with Crippen molar-refractivity contribution >= 4 is 23.4 Å². The molecule has 0 spiro atoms. The molecule has 0 aliphatic rings. The summed E-state index contributed by atoms with van der Waals surface area (Å²) in [4.78, 5) is 2.46. The van der Waals surface area contributed by atoms with Gasteiger partial charge in [-0.3, -0.25) is 0 Å². The summed E-state index contributed by atoms with van der Waals surface area (Å²) >= 11 is 8.12. The van der Waals surface area contributed by atoms with Crippen LogP contribution in [0.25, 0.3) is 0 Å². The highest BCUT2D eigenvalue weighted by Crippen LogP contribution is 2.32. The third-order valence-corrected chi connectivity index (χ3v) is 4.61. The number of benzene rings is 2. The molecule has 0 unspecified atom stereocenters. The van der Waals surface area contributed by atoms with Crippen molar-refractivity contribution in [3.63, 3.8) is 0 Å². The molecule has 0 amide bonds. The van der Waals surface area contributed by atoms with Crippen LogP contribution < -0.4 is 5.32 Å². The molecule has 0 heterocycles. The van der Waals surface area contributed by atoms with Crippen molar-refractivity contribution in [2.24, 2.45) is 0 Å². The lowest BCUT2D eigenvalue weighted by Crippen LogP contribution is -2.13. The monoisotopic (exact) mass is 305 g/mol. The van der Waals surface area contributed by atoms with Crippen LogP contribution in [0.15, 0.2) is 52.3 Å². The SMILES string of the molecule is CCCNCc1ccc(Sc2ccccc2C)cc1Cl. The standard InChI is InChI=1S/C17H20ClNS/c1-3-10-19-12-14-8-9-15(11-16(14)18)20-17-7-5-4-6-13(17)2/h4-9,11,19H,3,10,12H2,1-2H3. The summed E-state index contributed by atoms with van der Waals surface area (Å²) in [5.41, 5.74) is 2.46. The minimum atomic E-state index is 0.835. The van der Waals surface area contributed by atoms with Crippen molar-refractivity contribution in [2.75, 3.05) is 6.54 Å². The zero-order chi connectivity index (χ0) is 14.4. The summed E-state index contributed by atoms with van der Waals surface area (Å²) in [7, 11) is 0. The molecule has 0 fully saturated rings. The Hall–Kier alpha value is -0.960. The Morgan fingerprint density at radius 1 is 1.15 bits per heavy atom. The van der Waals surface area contributed by atoms with Crippen molar-refractivity contribution in [3.8, 4) is 0 Å². The maximum absolute atomic E-state index is 6.36. The fourth-order valence-electron chi connectivity index (χ4n) is 1.93. The lowest BCUT2D eigenvalue weighted by Gasteiger charge is -2.09. The molecular formula is C17H20ClNS. The first kappa shape index (κ1) is 15.4. The zero-order valence-electron chi connectivity index (χ0n) is 11.9. The molecule has 0 saturated carbocycles. The van der Waals surface area contributed by atoms with Gasteiger partial charge in [0.2, 0.25) is 0 Å². The molecule has 0 atom stereocenters. The van der Waals surface area contributed by atoms with Crippen molar-refractivity contribution in [1.82, 2.24) is 5.32 Å². The molecule has 0 aromatic heterocycles. The second-order valence-electron chi connectivity index (χ2n) is 4.80. The molecule has 1 nitrogen and oxygen atoms in total. The Balaban J connectivity index is 2.07. The summed E-state index contributed by atoms with van der Waals surface area (Å²) in [6.45, 7) is 6.15. The van der Waals surface area contributed by atoms with Crippen molar-refractivity contribution in [1.29, 1.82) is 0 Å². The van der Waals surface area contributed by atoms with Crippen LogP contribution in [0.1, 0.15) is 24.5 Å². The summed E-state index contributed by atoms with van der Waals surface area (Å²) < 4.78 is 0. The van der Waals surface area contributed by atoms with Gasteiger partial charge >= 0.3 is 0 Å². The Morgan fingerprint density at radius 2 is 1.95 bits per heavy atom. The average Bonchev–Trinajstić information content (AvgIpc) is 2.44. The smallest absolute Gasteiger partial charge is 0.0462 e.